The van der Waals surface area contributed by atoms with Gasteiger partial charge in [0.25, 0.3) is 0 Å². The van der Waals surface area contributed by atoms with Crippen LogP contribution in [0, 0.1) is 5.82 Å². The van der Waals surface area contributed by atoms with Crippen LogP contribution in [-0.2, 0) is 0 Å². The Balaban J connectivity index is 1.83. The molecule has 3 N–H and O–H groups in total. The topological polar surface area (TPSA) is 77.2 Å². The first-order chi connectivity index (χ1) is 12.7. The van der Waals surface area contributed by atoms with Crippen LogP contribution in [0.5, 0.6) is 5.75 Å². The van der Waals surface area contributed by atoms with E-state index in [-0.39, 0.29) is 27.3 Å². The first kappa shape index (κ1) is 18.6. The van der Waals surface area contributed by atoms with Gasteiger partial charge in [-0.25, -0.2) is 9.37 Å². The molecule has 0 saturated carbocycles. The number of rotatable bonds is 5. The van der Waals surface area contributed by atoms with E-state index < -0.39 is 17.9 Å². The van der Waals surface area contributed by atoms with Crippen molar-refractivity contribution in [1.29, 1.82) is 0 Å². The summed E-state index contributed by atoms with van der Waals surface area (Å²) in [7, 11) is 0. The van der Waals surface area contributed by atoms with E-state index >= 15 is 0 Å². The summed E-state index contributed by atoms with van der Waals surface area (Å²) in [4.78, 5) is 16.6. The Bertz CT molecular complexity index is 974. The lowest BCUT2D eigenvalue weighted by Gasteiger charge is -2.11. The number of nitrogens with one attached hydrogen (secondary N) is 1. The van der Waals surface area contributed by atoms with Gasteiger partial charge < -0.3 is 15.8 Å². The molecule has 27 heavy (non-hydrogen) atoms. The molecule has 0 saturated heterocycles. The predicted octanol–water partition coefficient (Wildman–Crippen LogP) is 4.74. The number of halogens is 4. The molecule has 1 heterocycles. The van der Waals surface area contributed by atoms with Gasteiger partial charge >= 0.3 is 6.36 Å². The molecule has 3 rings (SSSR count). The second kappa shape index (κ2) is 7.23. The van der Waals surface area contributed by atoms with Crippen LogP contribution < -0.4 is 15.8 Å². The molecular formula is C17H11F4N3O2S. The lowest BCUT2D eigenvalue weighted by molar-refractivity contribution is -0.275. The van der Waals surface area contributed by atoms with Crippen molar-refractivity contribution in [3.05, 3.63) is 64.8 Å². The van der Waals surface area contributed by atoms with Gasteiger partial charge in [-0.15, -0.1) is 13.2 Å². The molecular weight excluding hydrogens is 386 g/mol. The van der Waals surface area contributed by atoms with Crippen LogP contribution in [0.4, 0.5) is 34.2 Å². The molecule has 5 nitrogen and oxygen atoms in total. The zero-order valence-electron chi connectivity index (χ0n) is 13.4. The van der Waals surface area contributed by atoms with Crippen LogP contribution in [-0.4, -0.2) is 17.1 Å². The quantitative estimate of drug-likeness (QED) is 0.480. The molecule has 140 valence electrons. The highest BCUT2D eigenvalue weighted by Crippen LogP contribution is 2.32. The smallest absolute Gasteiger partial charge is 0.403 e. The van der Waals surface area contributed by atoms with Gasteiger partial charge in [0.2, 0.25) is 5.78 Å². The van der Waals surface area contributed by atoms with E-state index in [0.29, 0.717) is 5.56 Å². The summed E-state index contributed by atoms with van der Waals surface area (Å²) in [6, 6.07) is 11.2. The minimum Gasteiger partial charge on any atom is -0.403 e. The van der Waals surface area contributed by atoms with Gasteiger partial charge in [-0.05, 0) is 12.1 Å². The van der Waals surface area contributed by atoms with Crippen molar-refractivity contribution in [2.45, 2.75) is 6.36 Å². The third-order valence-corrected chi connectivity index (χ3v) is 4.29. The summed E-state index contributed by atoms with van der Waals surface area (Å²) < 4.78 is 54.0. The van der Waals surface area contributed by atoms with Crippen molar-refractivity contribution in [2.24, 2.45) is 0 Å². The van der Waals surface area contributed by atoms with Crippen LogP contribution in [0.25, 0.3) is 0 Å². The average Bonchev–Trinajstić information content (AvgIpc) is 2.97. The first-order valence-electron chi connectivity index (χ1n) is 7.41. The maximum Gasteiger partial charge on any atom is 0.573 e. The molecule has 0 aliphatic heterocycles. The zero-order chi connectivity index (χ0) is 19.6. The number of hydrogen-bond donors (Lipinski definition) is 2. The molecule has 3 aromatic rings. The van der Waals surface area contributed by atoms with Crippen molar-refractivity contribution in [1.82, 2.24) is 4.98 Å². The number of thiazole rings is 1. The fraction of sp³-hybridized carbons (Fsp3) is 0.0588. The molecule has 0 bridgehead atoms. The van der Waals surface area contributed by atoms with Gasteiger partial charge in [-0.2, -0.15) is 0 Å². The molecule has 1 aromatic heterocycles. The van der Waals surface area contributed by atoms with Crippen LogP contribution in [0.3, 0.4) is 0 Å². The summed E-state index contributed by atoms with van der Waals surface area (Å²) >= 11 is 0.927. The number of hydrogen-bond acceptors (Lipinski definition) is 6. The van der Waals surface area contributed by atoms with Gasteiger partial charge in [0.15, 0.2) is 16.7 Å². The molecule has 0 aliphatic rings. The number of ether oxygens (including phenoxy) is 1. The largest absolute Gasteiger partial charge is 0.573 e. The second-order valence-corrected chi connectivity index (χ2v) is 6.25. The predicted molar refractivity (Wildman–Crippen MR) is 92.8 cm³/mol. The van der Waals surface area contributed by atoms with E-state index in [1.165, 1.54) is 6.07 Å². The highest BCUT2D eigenvalue weighted by Gasteiger charge is 2.32. The lowest BCUT2D eigenvalue weighted by atomic mass is 10.1. The van der Waals surface area contributed by atoms with Gasteiger partial charge in [0, 0.05) is 17.3 Å². The highest BCUT2D eigenvalue weighted by molar-refractivity contribution is 7.18. The number of nitrogen functional groups attached to an aromatic ring is 1. The fourth-order valence-electron chi connectivity index (χ4n) is 2.18. The van der Waals surface area contributed by atoms with E-state index in [1.54, 1.807) is 30.3 Å². The Kier molecular flexibility index (Phi) is 5.00. The number of ketones is 1. The van der Waals surface area contributed by atoms with Crippen molar-refractivity contribution >= 4 is 33.8 Å². The highest BCUT2D eigenvalue weighted by atomic mass is 32.1. The number of benzene rings is 2. The minimum absolute atomic E-state index is 0.0229. The van der Waals surface area contributed by atoms with Gasteiger partial charge in [0.05, 0.1) is 0 Å². The summed E-state index contributed by atoms with van der Waals surface area (Å²) in [6.07, 6.45) is -5.03. The second-order valence-electron chi connectivity index (χ2n) is 5.25. The number of alkyl halides is 3. The minimum atomic E-state index is -5.03. The van der Waals surface area contributed by atoms with Crippen molar-refractivity contribution in [3.63, 3.8) is 0 Å². The molecule has 0 amide bonds. The summed E-state index contributed by atoms with van der Waals surface area (Å²) in [5.74, 6) is -2.52. The molecule has 0 atom stereocenters. The number of aromatic nitrogens is 1. The average molecular weight is 397 g/mol. The Hall–Kier alpha value is -3.14. The maximum absolute atomic E-state index is 13.5. The van der Waals surface area contributed by atoms with Crippen LogP contribution in [0.15, 0.2) is 48.5 Å². The Morgan fingerprint density at radius 2 is 1.85 bits per heavy atom. The van der Waals surface area contributed by atoms with Crippen LogP contribution in [0.1, 0.15) is 15.2 Å². The summed E-state index contributed by atoms with van der Waals surface area (Å²) in [5.41, 5.74) is 6.28. The molecule has 0 fully saturated rings. The molecule has 10 heteroatoms. The number of carbonyl (C=O) groups is 1. The standard InChI is InChI=1S/C17H11F4N3O2S/c18-11-7-6-10(8-12(11)26-17(19,20)21)23-16-24-15(22)14(27-16)13(25)9-4-2-1-3-5-9/h1-8H,22H2,(H,23,24). The van der Waals surface area contributed by atoms with E-state index in [0.717, 1.165) is 23.5 Å². The monoisotopic (exact) mass is 397 g/mol. The van der Waals surface area contributed by atoms with E-state index in [1.807, 2.05) is 0 Å². The normalized spacial score (nSPS) is 11.3. The fourth-order valence-corrected chi connectivity index (χ4v) is 3.04. The van der Waals surface area contributed by atoms with Crippen molar-refractivity contribution in [2.75, 3.05) is 11.1 Å². The van der Waals surface area contributed by atoms with E-state index in [2.05, 4.69) is 15.0 Å². The molecule has 0 unspecified atom stereocenters. The Labute approximate surface area is 154 Å². The third kappa shape index (κ3) is 4.53. The van der Waals surface area contributed by atoms with Crippen molar-refractivity contribution < 1.29 is 27.1 Å². The zero-order valence-corrected chi connectivity index (χ0v) is 14.2. The number of carbonyl (C=O) groups excluding carboxylic acids is 1. The van der Waals surface area contributed by atoms with Crippen molar-refractivity contribution in [3.8, 4) is 5.75 Å². The lowest BCUT2D eigenvalue weighted by Crippen LogP contribution is -2.18. The van der Waals surface area contributed by atoms with E-state index in [4.69, 9.17) is 5.73 Å². The molecule has 0 spiro atoms. The Morgan fingerprint density at radius 3 is 2.52 bits per heavy atom. The molecule has 2 aromatic carbocycles. The van der Waals surface area contributed by atoms with Gasteiger partial charge in [0.1, 0.15) is 10.7 Å². The van der Waals surface area contributed by atoms with Crippen LogP contribution in [0.2, 0.25) is 0 Å². The summed E-state index contributed by atoms with van der Waals surface area (Å²) in [5, 5.41) is 2.85. The third-order valence-electron chi connectivity index (χ3n) is 3.30. The number of nitrogens with zero attached hydrogens (tertiary/aromatic N) is 1. The van der Waals surface area contributed by atoms with Crippen LogP contribution >= 0.6 is 11.3 Å². The summed E-state index contributed by atoms with van der Waals surface area (Å²) in [6.45, 7) is 0. The number of anilines is 3. The maximum atomic E-state index is 13.5. The Morgan fingerprint density at radius 1 is 1.15 bits per heavy atom. The van der Waals surface area contributed by atoms with Gasteiger partial charge in [-0.1, -0.05) is 41.7 Å². The van der Waals surface area contributed by atoms with E-state index in [9.17, 15) is 22.4 Å². The van der Waals surface area contributed by atoms with Gasteiger partial charge in [-0.3, -0.25) is 4.79 Å². The number of nitrogens with two attached hydrogens (primary N) is 1. The molecule has 0 radical (unpaired) electrons. The molecule has 0 aliphatic carbocycles. The SMILES string of the molecule is Nc1nc(Nc2ccc(F)c(OC(F)(F)F)c2)sc1C(=O)c1ccccc1. The first-order valence-corrected chi connectivity index (χ1v) is 8.23.